The van der Waals surface area contributed by atoms with Gasteiger partial charge in [-0.1, -0.05) is 11.6 Å². The highest BCUT2D eigenvalue weighted by molar-refractivity contribution is 6.30. The molecule has 0 spiro atoms. The maximum Gasteiger partial charge on any atom is 0.127 e. The predicted octanol–water partition coefficient (Wildman–Crippen LogP) is 3.14. The molecule has 1 heterocycles. The van der Waals surface area contributed by atoms with Crippen LogP contribution in [0.5, 0.6) is 0 Å². The van der Waals surface area contributed by atoms with E-state index in [9.17, 15) is 4.39 Å². The Morgan fingerprint density at radius 1 is 1.41 bits per heavy atom. The van der Waals surface area contributed by atoms with E-state index in [1.165, 1.54) is 6.07 Å². The van der Waals surface area contributed by atoms with Crippen LogP contribution in [0.2, 0.25) is 5.02 Å². The van der Waals surface area contributed by atoms with Gasteiger partial charge in [0.1, 0.15) is 5.82 Å². The normalized spacial score (nSPS) is 19.2. The Labute approximate surface area is 106 Å². The summed E-state index contributed by atoms with van der Waals surface area (Å²) in [5.74, 6) is -0.211. The smallest absolute Gasteiger partial charge is 0.127 e. The van der Waals surface area contributed by atoms with Gasteiger partial charge in [-0.2, -0.15) is 0 Å². The largest absolute Gasteiger partial charge is 0.381 e. The van der Waals surface area contributed by atoms with E-state index in [-0.39, 0.29) is 11.4 Å². The quantitative estimate of drug-likeness (QED) is 0.898. The number of halogens is 2. The van der Waals surface area contributed by atoms with Crippen LogP contribution >= 0.6 is 11.6 Å². The Morgan fingerprint density at radius 3 is 2.82 bits per heavy atom. The molecule has 2 nitrogen and oxygen atoms in total. The van der Waals surface area contributed by atoms with E-state index in [2.05, 4.69) is 12.2 Å². The van der Waals surface area contributed by atoms with Gasteiger partial charge in [0.2, 0.25) is 0 Å². The number of nitrogens with one attached hydrogen (secondary N) is 1. The number of benzene rings is 1. The van der Waals surface area contributed by atoms with E-state index < -0.39 is 0 Å². The summed E-state index contributed by atoms with van der Waals surface area (Å²) in [4.78, 5) is 0. The zero-order chi connectivity index (χ0) is 12.3. The zero-order valence-corrected chi connectivity index (χ0v) is 10.7. The summed E-state index contributed by atoms with van der Waals surface area (Å²) in [6.45, 7) is 4.18. The second kappa shape index (κ2) is 5.34. The van der Waals surface area contributed by atoms with Gasteiger partial charge in [-0.05, 0) is 38.0 Å². The van der Waals surface area contributed by atoms with Crippen molar-refractivity contribution in [3.8, 4) is 0 Å². The molecule has 0 radical (unpaired) electrons. The third-order valence-electron chi connectivity index (χ3n) is 3.31. The average Bonchev–Trinajstić information content (AvgIpc) is 2.31. The molecule has 94 valence electrons. The molecule has 1 aromatic carbocycles. The first-order valence-electron chi connectivity index (χ1n) is 5.86. The van der Waals surface area contributed by atoms with Crippen molar-refractivity contribution in [3.05, 3.63) is 34.6 Å². The molecule has 0 amide bonds. The van der Waals surface area contributed by atoms with Crippen LogP contribution in [0.15, 0.2) is 18.2 Å². The Morgan fingerprint density at radius 2 is 2.12 bits per heavy atom. The minimum atomic E-state index is -0.211. The van der Waals surface area contributed by atoms with Crippen LogP contribution in [0.1, 0.15) is 25.3 Å². The maximum atomic E-state index is 13.5. The molecular formula is C13H17ClFNO. The molecule has 1 aromatic rings. The SMILES string of the molecule is CC1(NCc2cc(Cl)ccc2F)CCOCC1. The van der Waals surface area contributed by atoms with Crippen LogP contribution < -0.4 is 5.32 Å². The van der Waals surface area contributed by atoms with Crippen LogP contribution in [0.25, 0.3) is 0 Å². The van der Waals surface area contributed by atoms with Crippen molar-refractivity contribution in [2.45, 2.75) is 31.8 Å². The summed E-state index contributed by atoms with van der Waals surface area (Å²) in [5, 5.41) is 3.97. The second-order valence-corrected chi connectivity index (χ2v) is 5.20. The average molecular weight is 258 g/mol. The van der Waals surface area contributed by atoms with Crippen LogP contribution in [0.4, 0.5) is 4.39 Å². The van der Waals surface area contributed by atoms with Gasteiger partial charge in [-0.3, -0.25) is 0 Å². The van der Waals surface area contributed by atoms with Crippen molar-refractivity contribution in [1.29, 1.82) is 0 Å². The molecule has 1 N–H and O–H groups in total. The van der Waals surface area contributed by atoms with Gasteiger partial charge in [0.15, 0.2) is 0 Å². The zero-order valence-electron chi connectivity index (χ0n) is 9.93. The fraction of sp³-hybridized carbons (Fsp3) is 0.538. The third kappa shape index (κ3) is 3.41. The minimum Gasteiger partial charge on any atom is -0.381 e. The van der Waals surface area contributed by atoms with Crippen molar-refractivity contribution in [3.63, 3.8) is 0 Å². The van der Waals surface area contributed by atoms with Gasteiger partial charge in [0.25, 0.3) is 0 Å². The molecule has 0 unspecified atom stereocenters. The van der Waals surface area contributed by atoms with Crippen molar-refractivity contribution in [2.75, 3.05) is 13.2 Å². The van der Waals surface area contributed by atoms with Crippen LogP contribution in [0, 0.1) is 5.82 Å². The standard InChI is InChI=1S/C13H17ClFNO/c1-13(4-6-17-7-5-13)16-9-10-8-11(14)2-3-12(10)15/h2-3,8,16H,4-7,9H2,1H3. The number of ether oxygens (including phenoxy) is 1. The number of rotatable bonds is 3. The molecule has 0 saturated carbocycles. The van der Waals surface area contributed by atoms with Gasteiger partial charge in [-0.25, -0.2) is 4.39 Å². The van der Waals surface area contributed by atoms with Crippen molar-refractivity contribution >= 4 is 11.6 Å². The monoisotopic (exact) mass is 257 g/mol. The van der Waals surface area contributed by atoms with Gasteiger partial charge < -0.3 is 10.1 Å². The summed E-state index contributed by atoms with van der Waals surface area (Å²) < 4.78 is 18.8. The Kier molecular flexibility index (Phi) is 4.02. The minimum absolute atomic E-state index is 0.0347. The van der Waals surface area contributed by atoms with Crippen LogP contribution in [-0.2, 0) is 11.3 Å². The summed E-state index contributed by atoms with van der Waals surface area (Å²) in [7, 11) is 0. The molecular weight excluding hydrogens is 241 g/mol. The lowest BCUT2D eigenvalue weighted by Gasteiger charge is -2.34. The molecule has 17 heavy (non-hydrogen) atoms. The first-order valence-corrected chi connectivity index (χ1v) is 6.24. The van der Waals surface area contributed by atoms with Crippen LogP contribution in [0.3, 0.4) is 0 Å². The number of hydrogen-bond donors (Lipinski definition) is 1. The van der Waals surface area contributed by atoms with Gasteiger partial charge in [-0.15, -0.1) is 0 Å². The van der Waals surface area contributed by atoms with E-state index in [1.54, 1.807) is 12.1 Å². The lowest BCUT2D eigenvalue weighted by molar-refractivity contribution is 0.0445. The highest BCUT2D eigenvalue weighted by Gasteiger charge is 2.26. The van der Waals surface area contributed by atoms with E-state index in [0.717, 1.165) is 26.1 Å². The predicted molar refractivity (Wildman–Crippen MR) is 66.7 cm³/mol. The molecule has 1 aliphatic rings. The maximum absolute atomic E-state index is 13.5. The van der Waals surface area contributed by atoms with E-state index >= 15 is 0 Å². The highest BCUT2D eigenvalue weighted by Crippen LogP contribution is 2.21. The molecule has 2 rings (SSSR count). The first kappa shape index (κ1) is 12.8. The lowest BCUT2D eigenvalue weighted by Crippen LogP contribution is -2.46. The lowest BCUT2D eigenvalue weighted by atomic mass is 9.92. The summed E-state index contributed by atoms with van der Waals surface area (Å²) in [6, 6.07) is 4.65. The van der Waals surface area contributed by atoms with E-state index in [4.69, 9.17) is 16.3 Å². The van der Waals surface area contributed by atoms with Crippen LogP contribution in [-0.4, -0.2) is 18.8 Å². The molecule has 0 atom stereocenters. The molecule has 0 aromatic heterocycles. The molecule has 1 aliphatic heterocycles. The van der Waals surface area contributed by atoms with Gasteiger partial charge >= 0.3 is 0 Å². The van der Waals surface area contributed by atoms with E-state index in [0.29, 0.717) is 17.1 Å². The third-order valence-corrected chi connectivity index (χ3v) is 3.54. The molecule has 4 heteroatoms. The Hall–Kier alpha value is -0.640. The second-order valence-electron chi connectivity index (χ2n) is 4.76. The Balaban J connectivity index is 1.99. The molecule has 1 saturated heterocycles. The summed E-state index contributed by atoms with van der Waals surface area (Å²) in [5.41, 5.74) is 0.651. The summed E-state index contributed by atoms with van der Waals surface area (Å²) >= 11 is 5.86. The topological polar surface area (TPSA) is 21.3 Å². The molecule has 0 aliphatic carbocycles. The van der Waals surface area contributed by atoms with E-state index in [1.807, 2.05) is 0 Å². The molecule has 0 bridgehead atoms. The fourth-order valence-electron chi connectivity index (χ4n) is 1.99. The molecule has 1 fully saturated rings. The van der Waals surface area contributed by atoms with Crippen molar-refractivity contribution in [2.24, 2.45) is 0 Å². The van der Waals surface area contributed by atoms with Crippen molar-refractivity contribution < 1.29 is 9.13 Å². The van der Waals surface area contributed by atoms with Crippen molar-refractivity contribution in [1.82, 2.24) is 5.32 Å². The summed E-state index contributed by atoms with van der Waals surface area (Å²) in [6.07, 6.45) is 1.91. The first-order chi connectivity index (χ1) is 8.09. The fourth-order valence-corrected chi connectivity index (χ4v) is 2.18. The number of hydrogen-bond acceptors (Lipinski definition) is 2. The Bertz CT molecular complexity index is 391. The van der Waals surface area contributed by atoms with Gasteiger partial charge in [0, 0.05) is 35.9 Å². The van der Waals surface area contributed by atoms with Gasteiger partial charge in [0.05, 0.1) is 0 Å². The highest BCUT2D eigenvalue weighted by atomic mass is 35.5.